The summed E-state index contributed by atoms with van der Waals surface area (Å²) in [6.45, 7) is 5.40. The van der Waals surface area contributed by atoms with E-state index in [4.69, 9.17) is 4.74 Å². The van der Waals surface area contributed by atoms with Gasteiger partial charge in [-0.05, 0) is 37.5 Å². The van der Waals surface area contributed by atoms with Gasteiger partial charge < -0.3 is 15.4 Å². The largest absolute Gasteiger partial charge is 0.444 e. The number of nitrogens with one attached hydrogen (secondary N) is 2. The predicted molar refractivity (Wildman–Crippen MR) is 137 cm³/mol. The van der Waals surface area contributed by atoms with Crippen LogP contribution in [0.5, 0.6) is 0 Å². The lowest BCUT2D eigenvalue weighted by molar-refractivity contribution is -0.131. The molecule has 1 aliphatic heterocycles. The number of hydrogen-bond acceptors (Lipinski definition) is 4. The minimum atomic E-state index is -0.627. The zero-order chi connectivity index (χ0) is 24.2. The Hall–Kier alpha value is -3.25. The summed E-state index contributed by atoms with van der Waals surface area (Å²) < 4.78 is 4.87. The summed E-state index contributed by atoms with van der Waals surface area (Å²) in [4.78, 5) is 24.6. The first-order valence-electron chi connectivity index (χ1n) is 11.4. The van der Waals surface area contributed by atoms with Crippen LogP contribution in [0.1, 0.15) is 37.5 Å². The first-order valence-corrected chi connectivity index (χ1v) is 12.4. The molecule has 0 unspecified atom stereocenters. The van der Waals surface area contributed by atoms with E-state index in [0.717, 1.165) is 16.7 Å². The minimum Gasteiger partial charge on any atom is -0.444 e. The first kappa shape index (κ1) is 23.9. The predicted octanol–water partition coefficient (Wildman–Crippen LogP) is 5.10. The highest BCUT2D eigenvalue weighted by Gasteiger charge is 2.44. The maximum absolute atomic E-state index is 12.3. The Kier molecular flexibility index (Phi) is 6.98. The standard InChI is InChI=1S/C28H30N2O3S/c1-27(2,3)33-26(32)30-24-23(29-25(24)31)19-34-28(20-13-7-4-8-14-20,21-15-9-5-10-16-21)22-17-11-6-12-18-22/h4-18,23-24H,19H2,1-3H3,(H,29,31)(H,30,32)/t23-,24+/m0/s1. The fourth-order valence-corrected chi connectivity index (χ4v) is 5.78. The van der Waals surface area contributed by atoms with Crippen LogP contribution in [0.3, 0.4) is 0 Å². The van der Waals surface area contributed by atoms with E-state index in [1.165, 1.54) is 0 Å². The number of hydrogen-bond donors (Lipinski definition) is 2. The molecule has 0 aromatic heterocycles. The molecular weight excluding hydrogens is 444 g/mol. The highest BCUT2D eigenvalue weighted by Crippen LogP contribution is 2.48. The second kappa shape index (κ2) is 9.94. The Morgan fingerprint density at radius 2 is 1.29 bits per heavy atom. The molecule has 34 heavy (non-hydrogen) atoms. The molecule has 5 nitrogen and oxygen atoms in total. The van der Waals surface area contributed by atoms with Gasteiger partial charge in [0, 0.05) is 5.75 Å². The normalized spacial score (nSPS) is 17.9. The summed E-state index contributed by atoms with van der Waals surface area (Å²) >= 11 is 1.75. The summed E-state index contributed by atoms with van der Waals surface area (Å²) in [5, 5.41) is 5.70. The number of rotatable bonds is 7. The van der Waals surface area contributed by atoms with Crippen LogP contribution in [-0.2, 0) is 14.3 Å². The quantitative estimate of drug-likeness (QED) is 0.369. The van der Waals surface area contributed by atoms with Crippen LogP contribution in [0.15, 0.2) is 91.0 Å². The number of carbonyl (C=O) groups excluding carboxylic acids is 2. The maximum Gasteiger partial charge on any atom is 0.408 e. The van der Waals surface area contributed by atoms with Crippen molar-refractivity contribution in [2.45, 2.75) is 43.2 Å². The topological polar surface area (TPSA) is 67.4 Å². The van der Waals surface area contributed by atoms with Gasteiger partial charge in [-0.2, -0.15) is 0 Å². The zero-order valence-electron chi connectivity index (χ0n) is 19.7. The van der Waals surface area contributed by atoms with E-state index < -0.39 is 22.5 Å². The molecule has 6 heteroatoms. The third-order valence-electron chi connectivity index (χ3n) is 5.71. The molecule has 1 fully saturated rings. The van der Waals surface area contributed by atoms with E-state index in [1.54, 1.807) is 32.5 Å². The lowest BCUT2D eigenvalue weighted by Crippen LogP contribution is -2.70. The Bertz CT molecular complexity index is 1020. The molecule has 3 aromatic carbocycles. The first-order chi connectivity index (χ1) is 16.3. The van der Waals surface area contributed by atoms with Crippen molar-refractivity contribution in [1.29, 1.82) is 0 Å². The Morgan fingerprint density at radius 1 is 0.853 bits per heavy atom. The van der Waals surface area contributed by atoms with Gasteiger partial charge in [0.25, 0.3) is 0 Å². The van der Waals surface area contributed by atoms with Crippen molar-refractivity contribution in [3.05, 3.63) is 108 Å². The summed E-state index contributed by atoms with van der Waals surface area (Å²) in [5.74, 6) is 0.409. The molecule has 2 amide bonds. The molecule has 3 aromatic rings. The van der Waals surface area contributed by atoms with Crippen LogP contribution in [0.2, 0.25) is 0 Å². The second-order valence-electron chi connectivity index (χ2n) is 9.33. The van der Waals surface area contributed by atoms with E-state index in [-0.39, 0.29) is 11.9 Å². The molecule has 1 saturated heterocycles. The summed E-state index contributed by atoms with van der Waals surface area (Å²) in [5.41, 5.74) is 2.83. The van der Waals surface area contributed by atoms with Crippen LogP contribution < -0.4 is 10.6 Å². The molecule has 0 spiro atoms. The van der Waals surface area contributed by atoms with Gasteiger partial charge in [0.05, 0.1) is 10.8 Å². The lowest BCUT2D eigenvalue weighted by Gasteiger charge is -2.41. The average Bonchev–Trinajstić information content (AvgIpc) is 2.83. The Labute approximate surface area is 205 Å². The number of thioether (sulfide) groups is 1. The number of β-lactam (4-membered cyclic amide) rings is 1. The summed E-state index contributed by atoms with van der Waals surface area (Å²) in [6.07, 6.45) is -0.581. The second-order valence-corrected chi connectivity index (χ2v) is 10.6. The number of ether oxygens (including phenoxy) is 1. The number of alkyl carbamates (subject to hydrolysis) is 1. The van der Waals surface area contributed by atoms with Gasteiger partial charge in [-0.1, -0.05) is 91.0 Å². The third kappa shape index (κ3) is 5.12. The van der Waals surface area contributed by atoms with Crippen LogP contribution >= 0.6 is 11.8 Å². The van der Waals surface area contributed by atoms with Crippen LogP contribution in [0.25, 0.3) is 0 Å². The molecule has 0 aliphatic carbocycles. The molecule has 0 bridgehead atoms. The van der Waals surface area contributed by atoms with Gasteiger partial charge in [0.2, 0.25) is 5.91 Å². The number of carbonyl (C=O) groups is 2. The minimum absolute atomic E-state index is 0.193. The molecule has 1 heterocycles. The molecule has 2 N–H and O–H groups in total. The highest BCUT2D eigenvalue weighted by molar-refractivity contribution is 8.00. The van der Waals surface area contributed by atoms with Crippen molar-refractivity contribution in [3.8, 4) is 0 Å². The van der Waals surface area contributed by atoms with Crippen LogP contribution in [0.4, 0.5) is 4.79 Å². The van der Waals surface area contributed by atoms with E-state index in [1.807, 2.05) is 18.2 Å². The van der Waals surface area contributed by atoms with Crippen molar-refractivity contribution in [2.75, 3.05) is 5.75 Å². The van der Waals surface area contributed by atoms with Crippen molar-refractivity contribution < 1.29 is 14.3 Å². The molecule has 2 atom stereocenters. The maximum atomic E-state index is 12.3. The Morgan fingerprint density at radius 3 is 1.68 bits per heavy atom. The summed E-state index contributed by atoms with van der Waals surface area (Å²) in [6, 6.07) is 30.4. The van der Waals surface area contributed by atoms with Gasteiger partial charge in [-0.3, -0.25) is 4.79 Å². The van der Waals surface area contributed by atoms with E-state index >= 15 is 0 Å². The lowest BCUT2D eigenvalue weighted by atomic mass is 9.84. The smallest absolute Gasteiger partial charge is 0.408 e. The third-order valence-corrected chi connectivity index (χ3v) is 7.37. The van der Waals surface area contributed by atoms with Gasteiger partial charge in [-0.25, -0.2) is 4.79 Å². The molecule has 4 rings (SSSR count). The molecular formula is C28H30N2O3S. The number of amides is 2. The van der Waals surface area contributed by atoms with Crippen molar-refractivity contribution in [2.24, 2.45) is 0 Å². The van der Waals surface area contributed by atoms with E-state index in [9.17, 15) is 9.59 Å². The van der Waals surface area contributed by atoms with Crippen LogP contribution in [0, 0.1) is 0 Å². The highest BCUT2D eigenvalue weighted by atomic mass is 32.2. The molecule has 0 saturated carbocycles. The fraction of sp³-hybridized carbons (Fsp3) is 0.286. The van der Waals surface area contributed by atoms with Gasteiger partial charge in [0.1, 0.15) is 11.6 Å². The number of benzene rings is 3. The molecule has 176 valence electrons. The zero-order valence-corrected chi connectivity index (χ0v) is 20.5. The van der Waals surface area contributed by atoms with Crippen LogP contribution in [-0.4, -0.2) is 35.4 Å². The molecule has 1 aliphatic rings. The van der Waals surface area contributed by atoms with Crippen molar-refractivity contribution >= 4 is 23.8 Å². The van der Waals surface area contributed by atoms with E-state index in [0.29, 0.717) is 5.75 Å². The Balaban J connectivity index is 1.65. The summed E-state index contributed by atoms with van der Waals surface area (Å²) in [7, 11) is 0. The van der Waals surface area contributed by atoms with Crippen molar-refractivity contribution in [3.63, 3.8) is 0 Å². The van der Waals surface area contributed by atoms with Gasteiger partial charge in [0.15, 0.2) is 0 Å². The average molecular weight is 475 g/mol. The monoisotopic (exact) mass is 474 g/mol. The SMILES string of the molecule is CC(C)(C)OC(=O)N[C@H]1C(=O)N[C@H]1CSC(c1ccccc1)(c1ccccc1)c1ccccc1. The fourth-order valence-electron chi connectivity index (χ4n) is 4.16. The van der Waals surface area contributed by atoms with Gasteiger partial charge in [-0.15, -0.1) is 11.8 Å². The van der Waals surface area contributed by atoms with E-state index in [2.05, 4.69) is 83.4 Å². The molecule has 0 radical (unpaired) electrons. The van der Waals surface area contributed by atoms with Gasteiger partial charge >= 0.3 is 6.09 Å². The van der Waals surface area contributed by atoms with Crippen molar-refractivity contribution in [1.82, 2.24) is 10.6 Å².